The molecule has 0 unspecified atom stereocenters. The first-order valence-electron chi connectivity index (χ1n) is 8.59. The third-order valence-corrected chi connectivity index (χ3v) is 3.90. The molecule has 2 aromatic rings. The second-order valence-electron chi connectivity index (χ2n) is 6.24. The van der Waals surface area contributed by atoms with Crippen molar-refractivity contribution in [3.8, 4) is 5.75 Å². The summed E-state index contributed by atoms with van der Waals surface area (Å²) in [4.78, 5) is 31.9. The molecule has 0 radical (unpaired) electrons. The Labute approximate surface area is 158 Å². The Morgan fingerprint density at radius 2 is 1.89 bits per heavy atom. The van der Waals surface area contributed by atoms with Gasteiger partial charge in [-0.2, -0.15) is 0 Å². The molecule has 1 aromatic carbocycles. The number of aromatic nitrogens is 2. The standard InChI is InChI=1S/C20H24N4O3/c1-13-5-6-17(9-14(13)2)27-12-19(25)21-8-7-15(3)24-20(26)18-11-22-16(4)10-23-18/h5-6,9-11H,3,7-8,12H2,1-2,4H3,(H,21,25)(H,24,26). The van der Waals surface area contributed by atoms with Crippen LogP contribution in [0.25, 0.3) is 0 Å². The normalized spacial score (nSPS) is 10.2. The SMILES string of the molecule is C=C(CCNC(=O)COc1ccc(C)c(C)c1)NC(=O)c1cnc(C)cn1. The Morgan fingerprint density at radius 3 is 2.56 bits per heavy atom. The molecule has 0 spiro atoms. The fraction of sp³-hybridized carbons (Fsp3) is 0.300. The maximum atomic E-state index is 12.0. The van der Waals surface area contributed by atoms with Gasteiger partial charge in [0.05, 0.1) is 11.9 Å². The Bertz CT molecular complexity index is 832. The van der Waals surface area contributed by atoms with E-state index in [2.05, 4.69) is 27.2 Å². The summed E-state index contributed by atoms with van der Waals surface area (Å²) >= 11 is 0. The van der Waals surface area contributed by atoms with E-state index in [4.69, 9.17) is 4.74 Å². The van der Waals surface area contributed by atoms with Gasteiger partial charge < -0.3 is 15.4 Å². The highest BCUT2D eigenvalue weighted by atomic mass is 16.5. The number of hydrogen-bond acceptors (Lipinski definition) is 5. The summed E-state index contributed by atoms with van der Waals surface area (Å²) < 4.78 is 5.47. The number of carbonyl (C=O) groups is 2. The molecule has 0 saturated heterocycles. The summed E-state index contributed by atoms with van der Waals surface area (Å²) in [7, 11) is 0. The molecule has 2 N–H and O–H groups in total. The number of amides is 2. The summed E-state index contributed by atoms with van der Waals surface area (Å²) in [6.45, 7) is 9.85. The highest BCUT2D eigenvalue weighted by Crippen LogP contribution is 2.16. The molecule has 0 bridgehead atoms. The van der Waals surface area contributed by atoms with E-state index in [1.54, 1.807) is 6.92 Å². The van der Waals surface area contributed by atoms with Crippen LogP contribution >= 0.6 is 0 Å². The molecule has 0 aliphatic rings. The average molecular weight is 368 g/mol. The van der Waals surface area contributed by atoms with Gasteiger partial charge in [-0.3, -0.25) is 14.6 Å². The molecule has 0 atom stereocenters. The van der Waals surface area contributed by atoms with Crippen LogP contribution in [0.4, 0.5) is 0 Å². The molecule has 1 aromatic heterocycles. The minimum atomic E-state index is -0.378. The van der Waals surface area contributed by atoms with Crippen molar-refractivity contribution in [1.29, 1.82) is 0 Å². The van der Waals surface area contributed by atoms with Crippen LogP contribution in [0.3, 0.4) is 0 Å². The van der Waals surface area contributed by atoms with Crippen LogP contribution in [0.1, 0.15) is 33.7 Å². The van der Waals surface area contributed by atoms with Crippen LogP contribution < -0.4 is 15.4 Å². The maximum absolute atomic E-state index is 12.0. The lowest BCUT2D eigenvalue weighted by Gasteiger charge is -2.10. The largest absolute Gasteiger partial charge is 0.484 e. The number of ether oxygens (including phenoxy) is 1. The first-order valence-corrected chi connectivity index (χ1v) is 8.59. The van der Waals surface area contributed by atoms with E-state index in [9.17, 15) is 9.59 Å². The number of rotatable bonds is 8. The third kappa shape index (κ3) is 6.54. The topological polar surface area (TPSA) is 93.2 Å². The zero-order chi connectivity index (χ0) is 19.8. The smallest absolute Gasteiger partial charge is 0.275 e. The summed E-state index contributed by atoms with van der Waals surface area (Å²) in [5.41, 5.74) is 3.71. The van der Waals surface area contributed by atoms with Crippen molar-refractivity contribution in [2.24, 2.45) is 0 Å². The molecule has 7 heteroatoms. The van der Waals surface area contributed by atoms with Gasteiger partial charge in [0, 0.05) is 24.9 Å². The van der Waals surface area contributed by atoms with Crippen LogP contribution in [0.2, 0.25) is 0 Å². The quantitative estimate of drug-likeness (QED) is 0.745. The van der Waals surface area contributed by atoms with Gasteiger partial charge in [-0.1, -0.05) is 12.6 Å². The first kappa shape index (κ1) is 20.1. The van der Waals surface area contributed by atoms with E-state index in [0.29, 0.717) is 24.4 Å². The van der Waals surface area contributed by atoms with E-state index in [1.165, 1.54) is 18.0 Å². The minimum absolute atomic E-state index is 0.0692. The highest BCUT2D eigenvalue weighted by molar-refractivity contribution is 5.93. The predicted molar refractivity (Wildman–Crippen MR) is 102 cm³/mol. The molecule has 0 saturated carbocycles. The van der Waals surface area contributed by atoms with Gasteiger partial charge in [-0.05, 0) is 44.0 Å². The average Bonchev–Trinajstić information content (AvgIpc) is 2.63. The molecule has 1 heterocycles. The monoisotopic (exact) mass is 368 g/mol. The number of aryl methyl sites for hydroxylation is 3. The van der Waals surface area contributed by atoms with Gasteiger partial charge in [-0.25, -0.2) is 4.98 Å². The molecule has 2 rings (SSSR count). The molecule has 0 aliphatic carbocycles. The molecule has 0 fully saturated rings. The van der Waals surface area contributed by atoms with Gasteiger partial charge in [-0.15, -0.1) is 0 Å². The fourth-order valence-corrected chi connectivity index (χ4v) is 2.15. The number of carbonyl (C=O) groups excluding carboxylic acids is 2. The third-order valence-electron chi connectivity index (χ3n) is 3.90. The van der Waals surface area contributed by atoms with Gasteiger partial charge >= 0.3 is 0 Å². The van der Waals surface area contributed by atoms with Gasteiger partial charge in [0.25, 0.3) is 11.8 Å². The predicted octanol–water partition coefficient (Wildman–Crippen LogP) is 2.23. The first-order chi connectivity index (χ1) is 12.8. The van der Waals surface area contributed by atoms with E-state index in [1.807, 2.05) is 32.0 Å². The Hall–Kier alpha value is -3.22. The zero-order valence-corrected chi connectivity index (χ0v) is 15.8. The van der Waals surface area contributed by atoms with E-state index < -0.39 is 0 Å². The van der Waals surface area contributed by atoms with Crippen LogP contribution in [-0.2, 0) is 4.79 Å². The summed E-state index contributed by atoms with van der Waals surface area (Å²) in [6.07, 6.45) is 3.33. The molecule has 142 valence electrons. The molecular weight excluding hydrogens is 344 g/mol. The lowest BCUT2D eigenvalue weighted by Crippen LogP contribution is -2.31. The van der Waals surface area contributed by atoms with Crippen LogP contribution in [-0.4, -0.2) is 34.9 Å². The van der Waals surface area contributed by atoms with Gasteiger partial charge in [0.1, 0.15) is 11.4 Å². The summed E-state index contributed by atoms with van der Waals surface area (Å²) in [5.74, 6) is 0.0396. The number of nitrogens with one attached hydrogen (secondary N) is 2. The molecule has 2 amide bonds. The maximum Gasteiger partial charge on any atom is 0.275 e. The van der Waals surface area contributed by atoms with Crippen molar-refractivity contribution in [3.63, 3.8) is 0 Å². The lowest BCUT2D eigenvalue weighted by molar-refractivity contribution is -0.123. The number of benzene rings is 1. The minimum Gasteiger partial charge on any atom is -0.484 e. The zero-order valence-electron chi connectivity index (χ0n) is 15.8. The molecule has 0 aliphatic heterocycles. The fourth-order valence-electron chi connectivity index (χ4n) is 2.15. The van der Waals surface area contributed by atoms with Crippen molar-refractivity contribution >= 4 is 11.8 Å². The van der Waals surface area contributed by atoms with Crippen molar-refractivity contribution in [2.75, 3.05) is 13.2 Å². The van der Waals surface area contributed by atoms with E-state index in [0.717, 1.165) is 11.3 Å². The van der Waals surface area contributed by atoms with E-state index in [-0.39, 0.29) is 24.1 Å². The van der Waals surface area contributed by atoms with Crippen molar-refractivity contribution in [1.82, 2.24) is 20.6 Å². The summed E-state index contributed by atoms with van der Waals surface area (Å²) in [6, 6.07) is 5.68. The van der Waals surface area contributed by atoms with Crippen LogP contribution in [0.15, 0.2) is 42.9 Å². The highest BCUT2D eigenvalue weighted by Gasteiger charge is 2.09. The Balaban J connectivity index is 1.68. The number of hydrogen-bond donors (Lipinski definition) is 2. The Morgan fingerprint density at radius 1 is 1.11 bits per heavy atom. The lowest BCUT2D eigenvalue weighted by atomic mass is 10.1. The van der Waals surface area contributed by atoms with E-state index >= 15 is 0 Å². The summed E-state index contributed by atoms with van der Waals surface area (Å²) in [5, 5.41) is 5.37. The number of nitrogens with zero attached hydrogens (tertiary/aromatic N) is 2. The van der Waals surface area contributed by atoms with Crippen LogP contribution in [0.5, 0.6) is 5.75 Å². The van der Waals surface area contributed by atoms with Gasteiger partial charge in [0.15, 0.2) is 6.61 Å². The second kappa shape index (κ2) is 9.47. The van der Waals surface area contributed by atoms with Gasteiger partial charge in [0.2, 0.25) is 0 Å². The Kier molecular flexibility index (Phi) is 7.05. The molecular formula is C20H24N4O3. The molecule has 27 heavy (non-hydrogen) atoms. The molecule has 7 nitrogen and oxygen atoms in total. The van der Waals surface area contributed by atoms with Crippen LogP contribution in [0, 0.1) is 20.8 Å². The van der Waals surface area contributed by atoms with Crippen molar-refractivity contribution in [3.05, 3.63) is 65.4 Å². The van der Waals surface area contributed by atoms with Crippen molar-refractivity contribution < 1.29 is 14.3 Å². The second-order valence-corrected chi connectivity index (χ2v) is 6.24. The van der Waals surface area contributed by atoms with Crippen molar-refractivity contribution in [2.45, 2.75) is 27.2 Å².